The zero-order chi connectivity index (χ0) is 20.1. The molecule has 2 amide bonds. The molecule has 0 saturated heterocycles. The van der Waals surface area contributed by atoms with Crippen molar-refractivity contribution in [2.45, 2.75) is 38.1 Å². The molecule has 0 radical (unpaired) electrons. The molecule has 4 nitrogen and oxygen atoms in total. The summed E-state index contributed by atoms with van der Waals surface area (Å²) >= 11 is 5.99. The van der Waals surface area contributed by atoms with Gasteiger partial charge in [0.2, 0.25) is 11.8 Å². The Bertz CT molecular complexity index is 833. The van der Waals surface area contributed by atoms with Crippen LogP contribution >= 0.6 is 11.6 Å². The zero-order valence-electron chi connectivity index (χ0n) is 15.9. The summed E-state index contributed by atoms with van der Waals surface area (Å²) < 4.78 is 13.0. The van der Waals surface area contributed by atoms with Crippen molar-refractivity contribution in [3.8, 4) is 0 Å². The number of likely N-dealkylation sites (N-methyl/N-ethyl adjacent to an activating group) is 1. The number of hydrogen-bond acceptors (Lipinski definition) is 2. The molecule has 0 spiro atoms. The molecule has 2 aromatic rings. The van der Waals surface area contributed by atoms with Gasteiger partial charge < -0.3 is 10.2 Å². The number of halogens is 2. The second-order valence-electron chi connectivity index (χ2n) is 7.17. The zero-order valence-corrected chi connectivity index (χ0v) is 16.6. The molecule has 1 N–H and O–H groups in total. The molecule has 0 heterocycles. The Morgan fingerprint density at radius 3 is 2.29 bits per heavy atom. The second-order valence-corrected chi connectivity index (χ2v) is 7.60. The summed E-state index contributed by atoms with van der Waals surface area (Å²) in [4.78, 5) is 27.3. The van der Waals surface area contributed by atoms with Gasteiger partial charge in [-0.3, -0.25) is 9.59 Å². The molecular weight excluding hydrogens is 379 g/mol. The maximum atomic E-state index is 13.3. The van der Waals surface area contributed by atoms with Crippen LogP contribution in [0.25, 0.3) is 0 Å². The van der Waals surface area contributed by atoms with Crippen LogP contribution in [0.15, 0.2) is 48.5 Å². The van der Waals surface area contributed by atoms with Crippen LogP contribution < -0.4 is 5.32 Å². The minimum atomic E-state index is -0.558. The average Bonchev–Trinajstić information content (AvgIpc) is 2.66. The van der Waals surface area contributed by atoms with Gasteiger partial charge in [-0.1, -0.05) is 42.3 Å². The van der Waals surface area contributed by atoms with Crippen molar-refractivity contribution >= 4 is 23.4 Å². The molecule has 2 aromatic carbocycles. The van der Waals surface area contributed by atoms with E-state index in [1.165, 1.54) is 12.1 Å². The lowest BCUT2D eigenvalue weighted by Gasteiger charge is -2.43. The quantitative estimate of drug-likeness (QED) is 0.759. The molecule has 0 unspecified atom stereocenters. The fourth-order valence-electron chi connectivity index (χ4n) is 3.59. The molecule has 1 fully saturated rings. The SMILES string of the molecule is CCN(CC(=O)NCc1ccc(F)cc1)C(=O)C1(c2ccc(Cl)cc2)CCC1. The highest BCUT2D eigenvalue weighted by atomic mass is 35.5. The fraction of sp³-hybridized carbons (Fsp3) is 0.364. The Morgan fingerprint density at radius 1 is 1.11 bits per heavy atom. The Morgan fingerprint density at radius 2 is 1.75 bits per heavy atom. The second kappa shape index (κ2) is 8.74. The molecule has 3 rings (SSSR count). The monoisotopic (exact) mass is 402 g/mol. The van der Waals surface area contributed by atoms with E-state index in [-0.39, 0.29) is 24.2 Å². The number of nitrogens with one attached hydrogen (secondary N) is 1. The van der Waals surface area contributed by atoms with Crippen molar-refractivity contribution in [1.29, 1.82) is 0 Å². The van der Waals surface area contributed by atoms with Gasteiger partial charge in [-0.05, 0) is 55.2 Å². The maximum Gasteiger partial charge on any atom is 0.239 e. The van der Waals surface area contributed by atoms with Crippen molar-refractivity contribution in [3.63, 3.8) is 0 Å². The van der Waals surface area contributed by atoms with E-state index in [1.54, 1.807) is 29.2 Å². The normalized spacial score (nSPS) is 14.8. The number of benzene rings is 2. The van der Waals surface area contributed by atoms with Crippen LogP contribution in [-0.4, -0.2) is 29.8 Å². The third kappa shape index (κ3) is 4.36. The van der Waals surface area contributed by atoms with Crippen LogP contribution in [-0.2, 0) is 21.5 Å². The van der Waals surface area contributed by atoms with Crippen molar-refractivity contribution < 1.29 is 14.0 Å². The van der Waals surface area contributed by atoms with Crippen LogP contribution in [0.2, 0.25) is 5.02 Å². The summed E-state index contributed by atoms with van der Waals surface area (Å²) in [7, 11) is 0. The Labute approximate surface area is 169 Å². The van der Waals surface area contributed by atoms with Gasteiger partial charge in [0.15, 0.2) is 0 Å². The minimum absolute atomic E-state index is 0.00582. The summed E-state index contributed by atoms with van der Waals surface area (Å²) in [6.45, 7) is 2.64. The largest absolute Gasteiger partial charge is 0.350 e. The summed E-state index contributed by atoms with van der Waals surface area (Å²) in [6.07, 6.45) is 2.55. The number of carbonyl (C=O) groups is 2. The fourth-order valence-corrected chi connectivity index (χ4v) is 3.71. The predicted octanol–water partition coefficient (Wildman–Crippen LogP) is 4.07. The number of nitrogens with zero attached hydrogens (tertiary/aromatic N) is 1. The van der Waals surface area contributed by atoms with E-state index in [0.717, 1.165) is 30.4 Å². The van der Waals surface area contributed by atoms with Gasteiger partial charge in [-0.25, -0.2) is 4.39 Å². The highest BCUT2D eigenvalue weighted by Crippen LogP contribution is 2.45. The molecule has 148 valence electrons. The maximum absolute atomic E-state index is 13.3. The molecule has 0 aliphatic heterocycles. The summed E-state index contributed by atoms with van der Waals surface area (Å²) in [5.74, 6) is -0.559. The molecular formula is C22H24ClFN2O2. The standard InChI is InChI=1S/C22H24ClFN2O2/c1-2-26(15-20(27)25-14-16-4-10-19(24)11-5-16)21(28)22(12-3-13-22)17-6-8-18(23)9-7-17/h4-11H,2-3,12-15H2,1H3,(H,25,27). The Balaban J connectivity index is 1.64. The summed E-state index contributed by atoms with van der Waals surface area (Å²) in [5.41, 5.74) is 1.21. The van der Waals surface area contributed by atoms with E-state index in [2.05, 4.69) is 5.32 Å². The van der Waals surface area contributed by atoms with Crippen molar-refractivity contribution in [2.75, 3.05) is 13.1 Å². The Kier molecular flexibility index (Phi) is 6.35. The van der Waals surface area contributed by atoms with Gasteiger partial charge in [0, 0.05) is 18.1 Å². The van der Waals surface area contributed by atoms with E-state index in [4.69, 9.17) is 11.6 Å². The van der Waals surface area contributed by atoms with E-state index in [0.29, 0.717) is 18.1 Å². The lowest BCUT2D eigenvalue weighted by atomic mass is 9.63. The molecule has 1 aliphatic carbocycles. The highest BCUT2D eigenvalue weighted by molar-refractivity contribution is 6.30. The van der Waals surface area contributed by atoms with Crippen molar-refractivity contribution in [3.05, 3.63) is 70.5 Å². The van der Waals surface area contributed by atoms with Crippen LogP contribution in [0.4, 0.5) is 4.39 Å². The molecule has 0 atom stereocenters. The first kappa shape index (κ1) is 20.3. The van der Waals surface area contributed by atoms with Crippen LogP contribution in [0.5, 0.6) is 0 Å². The van der Waals surface area contributed by atoms with Crippen LogP contribution in [0.3, 0.4) is 0 Å². The predicted molar refractivity (Wildman–Crippen MR) is 107 cm³/mol. The van der Waals surface area contributed by atoms with Gasteiger partial charge >= 0.3 is 0 Å². The lowest BCUT2D eigenvalue weighted by molar-refractivity contribution is -0.143. The van der Waals surface area contributed by atoms with E-state index >= 15 is 0 Å². The molecule has 1 saturated carbocycles. The first-order valence-corrected chi connectivity index (χ1v) is 9.89. The average molecular weight is 403 g/mol. The van der Waals surface area contributed by atoms with Crippen LogP contribution in [0, 0.1) is 5.82 Å². The molecule has 1 aliphatic rings. The van der Waals surface area contributed by atoms with Gasteiger partial charge in [0.1, 0.15) is 5.82 Å². The van der Waals surface area contributed by atoms with E-state index in [9.17, 15) is 14.0 Å². The number of hydrogen-bond donors (Lipinski definition) is 1. The minimum Gasteiger partial charge on any atom is -0.350 e. The highest BCUT2D eigenvalue weighted by Gasteiger charge is 2.47. The molecule has 0 aromatic heterocycles. The summed E-state index contributed by atoms with van der Waals surface area (Å²) in [6, 6.07) is 13.4. The summed E-state index contributed by atoms with van der Waals surface area (Å²) in [5, 5.41) is 3.44. The molecule has 6 heteroatoms. The van der Waals surface area contributed by atoms with Crippen molar-refractivity contribution in [2.24, 2.45) is 0 Å². The van der Waals surface area contributed by atoms with E-state index < -0.39 is 5.41 Å². The first-order valence-electron chi connectivity index (χ1n) is 9.51. The molecule has 0 bridgehead atoms. The number of amides is 2. The van der Waals surface area contributed by atoms with E-state index in [1.807, 2.05) is 19.1 Å². The number of rotatable bonds is 7. The lowest BCUT2D eigenvalue weighted by Crippen LogP contribution is -2.53. The first-order chi connectivity index (χ1) is 13.4. The van der Waals surface area contributed by atoms with Crippen LogP contribution in [0.1, 0.15) is 37.3 Å². The number of carbonyl (C=O) groups excluding carboxylic acids is 2. The topological polar surface area (TPSA) is 49.4 Å². The van der Waals surface area contributed by atoms with Gasteiger partial charge in [-0.2, -0.15) is 0 Å². The molecule has 28 heavy (non-hydrogen) atoms. The van der Waals surface area contributed by atoms with Gasteiger partial charge in [0.05, 0.1) is 12.0 Å². The van der Waals surface area contributed by atoms with Gasteiger partial charge in [0.25, 0.3) is 0 Å². The third-order valence-corrected chi connectivity index (χ3v) is 5.67. The Hall–Kier alpha value is -2.40. The third-order valence-electron chi connectivity index (χ3n) is 5.42. The van der Waals surface area contributed by atoms with Crippen molar-refractivity contribution in [1.82, 2.24) is 10.2 Å². The smallest absolute Gasteiger partial charge is 0.239 e. The van der Waals surface area contributed by atoms with Gasteiger partial charge in [-0.15, -0.1) is 0 Å².